The lowest BCUT2D eigenvalue weighted by Crippen LogP contribution is -2.36. The van der Waals surface area contributed by atoms with E-state index in [0.717, 1.165) is 52.9 Å². The standard InChI is InChI=1S/C26H32N6O2/c1-18-27-14-16-32(18)21-10-8-20(9-11-21)28-25-29-23(12-7-19-5-3-2-4-6-19)22-17-31(26(33)34)15-13-24(22)30-25/h8-11,14,16,19H,2-7,12-13,15,17H2,1H3,(H,33,34)(H,28,29,30). The Morgan fingerprint density at radius 1 is 1.15 bits per heavy atom. The van der Waals surface area contributed by atoms with Crippen LogP contribution in [0.25, 0.3) is 5.69 Å². The number of benzene rings is 1. The fourth-order valence-electron chi connectivity index (χ4n) is 5.21. The van der Waals surface area contributed by atoms with Crippen LogP contribution in [0, 0.1) is 12.8 Å². The Balaban J connectivity index is 1.37. The molecule has 8 nitrogen and oxygen atoms in total. The van der Waals surface area contributed by atoms with Gasteiger partial charge in [-0.15, -0.1) is 0 Å². The van der Waals surface area contributed by atoms with Gasteiger partial charge >= 0.3 is 6.09 Å². The summed E-state index contributed by atoms with van der Waals surface area (Å²) >= 11 is 0. The number of hydrogen-bond acceptors (Lipinski definition) is 5. The fourth-order valence-corrected chi connectivity index (χ4v) is 5.21. The van der Waals surface area contributed by atoms with E-state index in [0.29, 0.717) is 25.5 Å². The van der Waals surface area contributed by atoms with Crippen LogP contribution in [0.1, 0.15) is 61.3 Å². The summed E-state index contributed by atoms with van der Waals surface area (Å²) in [4.78, 5) is 27.0. The van der Waals surface area contributed by atoms with Crippen LogP contribution in [0.4, 0.5) is 16.4 Å². The third kappa shape index (κ3) is 4.90. The summed E-state index contributed by atoms with van der Waals surface area (Å²) in [6.45, 7) is 2.83. The quantitative estimate of drug-likeness (QED) is 0.521. The highest BCUT2D eigenvalue weighted by molar-refractivity contribution is 5.65. The van der Waals surface area contributed by atoms with E-state index in [1.165, 1.54) is 37.0 Å². The third-order valence-corrected chi connectivity index (χ3v) is 7.16. The van der Waals surface area contributed by atoms with Crippen LogP contribution in [0.2, 0.25) is 0 Å². The first-order valence-electron chi connectivity index (χ1n) is 12.3. The van der Waals surface area contributed by atoms with Crippen LogP contribution in [0.3, 0.4) is 0 Å². The van der Waals surface area contributed by atoms with Crippen molar-refractivity contribution in [3.63, 3.8) is 0 Å². The summed E-state index contributed by atoms with van der Waals surface area (Å²) in [5.41, 5.74) is 4.94. The number of amides is 1. The Kier molecular flexibility index (Phi) is 6.47. The SMILES string of the molecule is Cc1nccn1-c1ccc(Nc2nc(CCC3CCCCC3)c3c(n2)CCN(C(=O)O)C3)cc1. The molecule has 5 rings (SSSR count). The minimum Gasteiger partial charge on any atom is -0.465 e. The van der Waals surface area contributed by atoms with Crippen molar-refractivity contribution in [2.45, 2.75) is 64.8 Å². The van der Waals surface area contributed by atoms with Gasteiger partial charge in [-0.2, -0.15) is 0 Å². The van der Waals surface area contributed by atoms with Gasteiger partial charge in [0.1, 0.15) is 5.82 Å². The molecular formula is C26H32N6O2. The van der Waals surface area contributed by atoms with Gasteiger partial charge < -0.3 is 19.9 Å². The molecule has 8 heteroatoms. The molecule has 1 aliphatic heterocycles. The number of nitrogens with zero attached hydrogens (tertiary/aromatic N) is 5. The molecule has 0 radical (unpaired) electrons. The van der Waals surface area contributed by atoms with Crippen molar-refractivity contribution >= 4 is 17.7 Å². The number of imidazole rings is 1. The third-order valence-electron chi connectivity index (χ3n) is 7.16. The van der Waals surface area contributed by atoms with Gasteiger partial charge in [-0.3, -0.25) is 0 Å². The van der Waals surface area contributed by atoms with Crippen molar-refractivity contribution in [3.8, 4) is 5.69 Å². The number of aromatic nitrogens is 4. The van der Waals surface area contributed by atoms with Gasteiger partial charge in [0, 0.05) is 42.3 Å². The monoisotopic (exact) mass is 460 g/mol. The first-order chi connectivity index (χ1) is 16.6. The topological polar surface area (TPSA) is 96.2 Å². The molecule has 178 valence electrons. The number of nitrogens with one attached hydrogen (secondary N) is 1. The van der Waals surface area contributed by atoms with Gasteiger partial charge in [-0.25, -0.2) is 19.7 Å². The molecule has 1 aliphatic carbocycles. The predicted molar refractivity (Wildman–Crippen MR) is 131 cm³/mol. The van der Waals surface area contributed by atoms with Crippen LogP contribution < -0.4 is 5.32 Å². The second kappa shape index (κ2) is 9.83. The van der Waals surface area contributed by atoms with Crippen molar-refractivity contribution < 1.29 is 9.90 Å². The molecule has 2 aromatic heterocycles. The minimum atomic E-state index is -0.876. The lowest BCUT2D eigenvalue weighted by Gasteiger charge is -2.28. The maximum atomic E-state index is 11.6. The van der Waals surface area contributed by atoms with E-state index in [9.17, 15) is 9.90 Å². The Morgan fingerprint density at radius 3 is 2.65 bits per heavy atom. The summed E-state index contributed by atoms with van der Waals surface area (Å²) in [6.07, 6.45) is 12.0. The van der Waals surface area contributed by atoms with Gasteiger partial charge in [0.05, 0.1) is 17.9 Å². The number of carboxylic acid groups (broad SMARTS) is 1. The highest BCUT2D eigenvalue weighted by Gasteiger charge is 2.26. The molecule has 0 unspecified atom stereocenters. The van der Waals surface area contributed by atoms with E-state index in [1.54, 1.807) is 6.20 Å². The lowest BCUT2D eigenvalue weighted by molar-refractivity contribution is 0.139. The zero-order valence-electron chi connectivity index (χ0n) is 19.7. The molecule has 1 saturated carbocycles. The van der Waals surface area contributed by atoms with Gasteiger partial charge in [-0.05, 0) is 49.9 Å². The highest BCUT2D eigenvalue weighted by atomic mass is 16.4. The van der Waals surface area contributed by atoms with E-state index in [2.05, 4.69) is 10.3 Å². The molecule has 34 heavy (non-hydrogen) atoms. The molecule has 0 spiro atoms. The van der Waals surface area contributed by atoms with Gasteiger partial charge in [0.2, 0.25) is 5.95 Å². The predicted octanol–water partition coefficient (Wildman–Crippen LogP) is 5.26. The summed E-state index contributed by atoms with van der Waals surface area (Å²) in [5, 5.41) is 12.9. The maximum Gasteiger partial charge on any atom is 0.407 e. The molecular weight excluding hydrogens is 428 g/mol. The van der Waals surface area contributed by atoms with Crippen molar-refractivity contribution in [2.24, 2.45) is 5.92 Å². The second-order valence-electron chi connectivity index (χ2n) is 9.43. The molecule has 2 aliphatic rings. The van der Waals surface area contributed by atoms with E-state index < -0.39 is 6.09 Å². The van der Waals surface area contributed by atoms with Crippen LogP contribution in [0.5, 0.6) is 0 Å². The zero-order chi connectivity index (χ0) is 23.5. The number of carbonyl (C=O) groups is 1. The van der Waals surface area contributed by atoms with Gasteiger partial charge in [0.15, 0.2) is 0 Å². The Bertz CT molecular complexity index is 1150. The first-order valence-corrected chi connectivity index (χ1v) is 12.3. The molecule has 1 aromatic carbocycles. The zero-order valence-corrected chi connectivity index (χ0v) is 19.7. The Morgan fingerprint density at radius 2 is 1.94 bits per heavy atom. The number of aryl methyl sites for hydroxylation is 2. The Hall–Kier alpha value is -3.42. The summed E-state index contributed by atoms with van der Waals surface area (Å²) < 4.78 is 2.04. The molecule has 3 aromatic rings. The number of anilines is 2. The molecule has 2 N–H and O–H groups in total. The first kappa shape index (κ1) is 22.4. The van der Waals surface area contributed by atoms with Crippen LogP contribution in [-0.2, 0) is 19.4 Å². The molecule has 1 amide bonds. The average molecular weight is 461 g/mol. The number of rotatable bonds is 6. The van der Waals surface area contributed by atoms with Crippen LogP contribution in [0.15, 0.2) is 36.7 Å². The lowest BCUT2D eigenvalue weighted by atomic mass is 9.85. The van der Waals surface area contributed by atoms with Crippen molar-refractivity contribution in [3.05, 3.63) is 59.4 Å². The van der Waals surface area contributed by atoms with E-state index in [-0.39, 0.29) is 0 Å². The molecule has 3 heterocycles. The smallest absolute Gasteiger partial charge is 0.407 e. The highest BCUT2D eigenvalue weighted by Crippen LogP contribution is 2.30. The summed E-state index contributed by atoms with van der Waals surface area (Å²) in [6, 6.07) is 8.13. The molecule has 1 fully saturated rings. The van der Waals surface area contributed by atoms with Crippen molar-refractivity contribution in [1.82, 2.24) is 24.4 Å². The van der Waals surface area contributed by atoms with E-state index >= 15 is 0 Å². The van der Waals surface area contributed by atoms with E-state index in [4.69, 9.17) is 9.97 Å². The fraction of sp³-hybridized carbons (Fsp3) is 0.462. The van der Waals surface area contributed by atoms with Gasteiger partial charge in [-0.1, -0.05) is 32.1 Å². The molecule has 0 atom stereocenters. The largest absolute Gasteiger partial charge is 0.465 e. The van der Waals surface area contributed by atoms with Crippen LogP contribution in [-0.4, -0.2) is 42.2 Å². The molecule has 0 bridgehead atoms. The van der Waals surface area contributed by atoms with Crippen molar-refractivity contribution in [1.29, 1.82) is 0 Å². The van der Waals surface area contributed by atoms with E-state index in [1.807, 2.05) is 42.0 Å². The number of hydrogen-bond donors (Lipinski definition) is 2. The Labute approximate surface area is 200 Å². The second-order valence-corrected chi connectivity index (χ2v) is 9.43. The average Bonchev–Trinajstić information content (AvgIpc) is 3.29. The maximum absolute atomic E-state index is 11.6. The minimum absolute atomic E-state index is 0.379. The normalized spacial score (nSPS) is 16.3. The van der Waals surface area contributed by atoms with Crippen molar-refractivity contribution in [2.75, 3.05) is 11.9 Å². The summed E-state index contributed by atoms with van der Waals surface area (Å²) in [7, 11) is 0. The summed E-state index contributed by atoms with van der Waals surface area (Å²) in [5.74, 6) is 2.28. The van der Waals surface area contributed by atoms with Crippen LogP contribution >= 0.6 is 0 Å². The molecule has 0 saturated heterocycles. The number of fused-ring (bicyclic) bond motifs is 1. The van der Waals surface area contributed by atoms with Gasteiger partial charge in [0.25, 0.3) is 0 Å².